The molecule has 1 rings (SSSR count). The molecule has 3 N–H and O–H groups in total. The first kappa shape index (κ1) is 9.72. The molecule has 3 heteroatoms. The van der Waals surface area contributed by atoms with Gasteiger partial charge < -0.3 is 10.8 Å². The van der Waals surface area contributed by atoms with Crippen molar-refractivity contribution < 1.29 is 5.11 Å². The predicted molar refractivity (Wildman–Crippen MR) is 50.7 cm³/mol. The first-order valence-corrected chi connectivity index (χ1v) is 4.06. The van der Waals surface area contributed by atoms with Crippen LogP contribution in [0.2, 0.25) is 0 Å². The number of aromatic nitrogens is 1. The van der Waals surface area contributed by atoms with E-state index in [1.54, 1.807) is 19.3 Å². The van der Waals surface area contributed by atoms with E-state index in [0.29, 0.717) is 6.54 Å². The topological polar surface area (TPSA) is 59.1 Å². The number of hydrogen-bond donors (Lipinski definition) is 2. The zero-order valence-corrected chi connectivity index (χ0v) is 7.49. The van der Waals surface area contributed by atoms with Crippen molar-refractivity contribution >= 4 is 0 Å². The van der Waals surface area contributed by atoms with Gasteiger partial charge in [0.2, 0.25) is 0 Å². The number of rotatable bonds is 1. The first-order chi connectivity index (χ1) is 6.22. The molecular weight excluding hydrogens is 164 g/mol. The van der Waals surface area contributed by atoms with Crippen LogP contribution in [0.5, 0.6) is 0 Å². The summed E-state index contributed by atoms with van der Waals surface area (Å²) in [7, 11) is 0. The van der Waals surface area contributed by atoms with Crippen LogP contribution in [0.3, 0.4) is 0 Å². The van der Waals surface area contributed by atoms with Crippen LogP contribution >= 0.6 is 0 Å². The summed E-state index contributed by atoms with van der Waals surface area (Å²) in [5.41, 5.74) is 7.16. The van der Waals surface area contributed by atoms with E-state index in [2.05, 4.69) is 16.8 Å². The van der Waals surface area contributed by atoms with Crippen LogP contribution in [0.15, 0.2) is 18.5 Å². The Morgan fingerprint density at radius 2 is 2.38 bits per heavy atom. The Bertz CT molecular complexity index is 336. The van der Waals surface area contributed by atoms with Gasteiger partial charge in [0.05, 0.1) is 0 Å². The quantitative estimate of drug-likeness (QED) is 0.604. The summed E-state index contributed by atoms with van der Waals surface area (Å²) in [6.45, 7) is 2.07. The highest BCUT2D eigenvalue weighted by Gasteiger charge is 1.91. The molecule has 0 spiro atoms. The molecule has 1 aromatic rings. The van der Waals surface area contributed by atoms with Crippen LogP contribution in [0.25, 0.3) is 0 Å². The van der Waals surface area contributed by atoms with E-state index in [4.69, 9.17) is 10.8 Å². The maximum absolute atomic E-state index is 8.92. The van der Waals surface area contributed by atoms with Crippen LogP contribution in [0.4, 0.5) is 0 Å². The number of aliphatic hydroxyl groups is 1. The van der Waals surface area contributed by atoms with Crippen LogP contribution in [0, 0.1) is 11.8 Å². The smallest absolute Gasteiger partial charge is 0.112 e. The van der Waals surface area contributed by atoms with Gasteiger partial charge in [-0.3, -0.25) is 4.98 Å². The third-order valence-electron chi connectivity index (χ3n) is 1.46. The average molecular weight is 176 g/mol. The third-order valence-corrected chi connectivity index (χ3v) is 1.46. The number of nitrogens with zero attached hydrogens (tertiary/aromatic N) is 1. The Balaban J connectivity index is 2.85. The highest BCUT2D eigenvalue weighted by molar-refractivity contribution is 5.34. The molecule has 68 valence electrons. The van der Waals surface area contributed by atoms with Crippen LogP contribution in [0.1, 0.15) is 18.1 Å². The lowest BCUT2D eigenvalue weighted by Gasteiger charge is -1.95. The second kappa shape index (κ2) is 4.61. The number of pyridine rings is 1. The van der Waals surface area contributed by atoms with Gasteiger partial charge in [-0.25, -0.2) is 0 Å². The maximum atomic E-state index is 8.92. The lowest BCUT2D eigenvalue weighted by Crippen LogP contribution is -1.97. The largest absolute Gasteiger partial charge is 0.381 e. The van der Waals surface area contributed by atoms with Crippen molar-refractivity contribution in [3.05, 3.63) is 29.6 Å². The zero-order valence-electron chi connectivity index (χ0n) is 7.49. The minimum absolute atomic E-state index is 0.456. The molecule has 1 aromatic heterocycles. The molecule has 3 nitrogen and oxygen atoms in total. The van der Waals surface area contributed by atoms with Crippen LogP contribution in [-0.4, -0.2) is 16.2 Å². The standard InChI is InChI=1S/C10H12N2O/c1-8(13)2-3-9-4-10(5-11)7-12-6-9/h4,6-8,13H,5,11H2,1H3/t8-/m1/s1. The second-order valence-electron chi connectivity index (χ2n) is 2.73. The summed E-state index contributed by atoms with van der Waals surface area (Å²) < 4.78 is 0. The van der Waals surface area contributed by atoms with Crippen molar-refractivity contribution in [1.82, 2.24) is 4.98 Å². The summed E-state index contributed by atoms with van der Waals surface area (Å²) in [6, 6.07) is 1.86. The van der Waals surface area contributed by atoms with E-state index in [0.717, 1.165) is 11.1 Å². The van der Waals surface area contributed by atoms with E-state index >= 15 is 0 Å². The zero-order chi connectivity index (χ0) is 9.68. The predicted octanol–water partition coefficient (Wildman–Crippen LogP) is 0.273. The van der Waals surface area contributed by atoms with E-state index in [1.165, 1.54) is 0 Å². The Hall–Kier alpha value is -1.37. The van der Waals surface area contributed by atoms with Gasteiger partial charge in [-0.15, -0.1) is 0 Å². The summed E-state index contributed by atoms with van der Waals surface area (Å²) in [6.07, 6.45) is 2.74. The monoisotopic (exact) mass is 176 g/mol. The molecule has 0 amide bonds. The fourth-order valence-corrected chi connectivity index (χ4v) is 0.855. The number of nitrogens with two attached hydrogens (primary N) is 1. The molecule has 0 saturated carbocycles. The molecule has 1 atom stereocenters. The molecule has 13 heavy (non-hydrogen) atoms. The molecule has 1 heterocycles. The minimum atomic E-state index is -0.610. The molecule has 0 aliphatic heterocycles. The van der Waals surface area contributed by atoms with E-state index < -0.39 is 6.10 Å². The molecular formula is C10H12N2O. The van der Waals surface area contributed by atoms with Crippen LogP contribution < -0.4 is 5.73 Å². The van der Waals surface area contributed by atoms with Crippen LogP contribution in [-0.2, 0) is 6.54 Å². The Morgan fingerprint density at radius 1 is 1.62 bits per heavy atom. The van der Waals surface area contributed by atoms with Gasteiger partial charge in [0, 0.05) is 24.5 Å². The number of aliphatic hydroxyl groups excluding tert-OH is 1. The van der Waals surface area contributed by atoms with Gasteiger partial charge in [0.25, 0.3) is 0 Å². The lowest BCUT2D eigenvalue weighted by molar-refractivity contribution is 0.253. The Kier molecular flexibility index (Phi) is 3.44. The first-order valence-electron chi connectivity index (χ1n) is 4.06. The SMILES string of the molecule is C[C@@H](O)C#Cc1cncc(CN)c1. The lowest BCUT2D eigenvalue weighted by atomic mass is 10.2. The van der Waals surface area contributed by atoms with Gasteiger partial charge in [0.15, 0.2) is 0 Å². The van der Waals surface area contributed by atoms with Crippen molar-refractivity contribution in [3.63, 3.8) is 0 Å². The number of hydrogen-bond acceptors (Lipinski definition) is 3. The minimum Gasteiger partial charge on any atom is -0.381 e. The van der Waals surface area contributed by atoms with Crippen molar-refractivity contribution in [1.29, 1.82) is 0 Å². The fourth-order valence-electron chi connectivity index (χ4n) is 0.855. The second-order valence-corrected chi connectivity index (χ2v) is 2.73. The summed E-state index contributed by atoms with van der Waals surface area (Å²) >= 11 is 0. The third kappa shape index (κ3) is 3.24. The summed E-state index contributed by atoms with van der Waals surface area (Å²) in [4.78, 5) is 3.97. The highest BCUT2D eigenvalue weighted by atomic mass is 16.3. The van der Waals surface area contributed by atoms with Gasteiger partial charge >= 0.3 is 0 Å². The average Bonchev–Trinajstić information content (AvgIpc) is 2.15. The van der Waals surface area contributed by atoms with Crippen molar-refractivity contribution in [2.45, 2.75) is 19.6 Å². The van der Waals surface area contributed by atoms with Gasteiger partial charge in [-0.2, -0.15) is 0 Å². The van der Waals surface area contributed by atoms with Gasteiger partial charge in [-0.1, -0.05) is 11.8 Å². The molecule has 0 aromatic carbocycles. The van der Waals surface area contributed by atoms with Gasteiger partial charge in [0.1, 0.15) is 6.10 Å². The van der Waals surface area contributed by atoms with Gasteiger partial charge in [-0.05, 0) is 18.6 Å². The maximum Gasteiger partial charge on any atom is 0.112 e. The Morgan fingerprint density at radius 3 is 3.00 bits per heavy atom. The Labute approximate surface area is 77.6 Å². The molecule has 0 aliphatic rings. The van der Waals surface area contributed by atoms with E-state index in [9.17, 15) is 0 Å². The molecule has 0 fully saturated rings. The van der Waals surface area contributed by atoms with Crippen molar-refractivity contribution in [3.8, 4) is 11.8 Å². The van der Waals surface area contributed by atoms with E-state index in [-0.39, 0.29) is 0 Å². The normalized spacial score (nSPS) is 11.6. The molecule has 0 aliphatic carbocycles. The van der Waals surface area contributed by atoms with E-state index in [1.807, 2.05) is 6.07 Å². The summed E-state index contributed by atoms with van der Waals surface area (Å²) in [5, 5.41) is 8.92. The molecule has 0 unspecified atom stereocenters. The van der Waals surface area contributed by atoms with Crippen molar-refractivity contribution in [2.24, 2.45) is 5.73 Å². The summed E-state index contributed by atoms with van der Waals surface area (Å²) in [5.74, 6) is 5.44. The molecule has 0 saturated heterocycles. The fraction of sp³-hybridized carbons (Fsp3) is 0.300. The van der Waals surface area contributed by atoms with Crippen molar-refractivity contribution in [2.75, 3.05) is 0 Å². The molecule has 0 radical (unpaired) electrons. The highest BCUT2D eigenvalue weighted by Crippen LogP contribution is 1.99. The molecule has 0 bridgehead atoms.